The first-order valence-electron chi connectivity index (χ1n) is 5.66. The summed E-state index contributed by atoms with van der Waals surface area (Å²) in [7, 11) is 0. The van der Waals surface area contributed by atoms with Crippen molar-refractivity contribution in [1.82, 2.24) is 0 Å². The number of aliphatic hydroxyl groups is 1. The molecule has 1 unspecified atom stereocenters. The zero-order valence-electron chi connectivity index (χ0n) is 9.53. The Balaban J connectivity index is 2.27. The normalized spacial score (nSPS) is 21.0. The van der Waals surface area contributed by atoms with Gasteiger partial charge in [0, 0.05) is 24.3 Å². The SMILES string of the molecule is Cc1ccc(N2CCC(C)C2)c(CO)c1. The Hall–Kier alpha value is -1.02. The molecule has 82 valence electrons. The summed E-state index contributed by atoms with van der Waals surface area (Å²) >= 11 is 0. The van der Waals surface area contributed by atoms with E-state index in [1.165, 1.54) is 17.7 Å². The molecule has 1 aliphatic rings. The van der Waals surface area contributed by atoms with Crippen molar-refractivity contribution in [1.29, 1.82) is 0 Å². The average Bonchev–Trinajstić information content (AvgIpc) is 2.64. The van der Waals surface area contributed by atoms with Gasteiger partial charge in [-0.2, -0.15) is 0 Å². The van der Waals surface area contributed by atoms with E-state index < -0.39 is 0 Å². The predicted octanol–water partition coefficient (Wildman–Crippen LogP) is 2.33. The van der Waals surface area contributed by atoms with Gasteiger partial charge in [-0.1, -0.05) is 24.6 Å². The van der Waals surface area contributed by atoms with Crippen LogP contribution < -0.4 is 4.90 Å². The van der Waals surface area contributed by atoms with E-state index in [4.69, 9.17) is 0 Å². The molecular weight excluding hydrogens is 186 g/mol. The molecule has 1 fully saturated rings. The third-order valence-electron chi connectivity index (χ3n) is 3.17. The third kappa shape index (κ3) is 2.15. The highest BCUT2D eigenvalue weighted by molar-refractivity contribution is 5.55. The van der Waals surface area contributed by atoms with Crippen molar-refractivity contribution in [3.05, 3.63) is 29.3 Å². The van der Waals surface area contributed by atoms with E-state index in [2.05, 4.69) is 36.9 Å². The molecule has 1 saturated heterocycles. The van der Waals surface area contributed by atoms with Crippen molar-refractivity contribution in [3.8, 4) is 0 Å². The summed E-state index contributed by atoms with van der Waals surface area (Å²) in [5.74, 6) is 0.776. The number of aliphatic hydroxyl groups excluding tert-OH is 1. The summed E-state index contributed by atoms with van der Waals surface area (Å²) in [5, 5.41) is 9.34. The van der Waals surface area contributed by atoms with Crippen molar-refractivity contribution < 1.29 is 5.11 Å². The van der Waals surface area contributed by atoms with Gasteiger partial charge in [-0.05, 0) is 25.3 Å². The van der Waals surface area contributed by atoms with Crippen molar-refractivity contribution in [3.63, 3.8) is 0 Å². The number of benzene rings is 1. The van der Waals surface area contributed by atoms with Crippen LogP contribution in [0.3, 0.4) is 0 Å². The highest BCUT2D eigenvalue weighted by Gasteiger charge is 2.20. The van der Waals surface area contributed by atoms with E-state index in [1.54, 1.807) is 0 Å². The van der Waals surface area contributed by atoms with Gasteiger partial charge in [-0.3, -0.25) is 0 Å². The fourth-order valence-electron chi connectivity index (χ4n) is 2.30. The van der Waals surface area contributed by atoms with Crippen molar-refractivity contribution in [2.75, 3.05) is 18.0 Å². The molecule has 0 amide bonds. The second kappa shape index (κ2) is 4.23. The van der Waals surface area contributed by atoms with Gasteiger partial charge in [-0.15, -0.1) is 0 Å². The number of aryl methyl sites for hydroxylation is 1. The molecule has 0 saturated carbocycles. The third-order valence-corrected chi connectivity index (χ3v) is 3.17. The Morgan fingerprint density at radius 3 is 2.87 bits per heavy atom. The molecule has 1 heterocycles. The Bertz CT molecular complexity index is 348. The van der Waals surface area contributed by atoms with Gasteiger partial charge in [-0.25, -0.2) is 0 Å². The van der Waals surface area contributed by atoms with E-state index in [9.17, 15) is 5.11 Å². The minimum Gasteiger partial charge on any atom is -0.392 e. The lowest BCUT2D eigenvalue weighted by Crippen LogP contribution is -2.20. The summed E-state index contributed by atoms with van der Waals surface area (Å²) in [4.78, 5) is 2.38. The second-order valence-electron chi connectivity index (χ2n) is 4.63. The highest BCUT2D eigenvalue weighted by Crippen LogP contribution is 2.27. The first kappa shape index (κ1) is 10.5. The van der Waals surface area contributed by atoms with Crippen LogP contribution in [0.25, 0.3) is 0 Å². The highest BCUT2D eigenvalue weighted by atomic mass is 16.3. The fraction of sp³-hybridized carbons (Fsp3) is 0.538. The molecule has 1 aromatic rings. The second-order valence-corrected chi connectivity index (χ2v) is 4.63. The summed E-state index contributed by atoms with van der Waals surface area (Å²) in [6, 6.07) is 6.34. The van der Waals surface area contributed by atoms with Gasteiger partial charge in [0.2, 0.25) is 0 Å². The zero-order valence-corrected chi connectivity index (χ0v) is 9.53. The van der Waals surface area contributed by atoms with Crippen LogP contribution in [0.4, 0.5) is 5.69 Å². The predicted molar refractivity (Wildman–Crippen MR) is 63.1 cm³/mol. The maximum atomic E-state index is 9.34. The number of anilines is 1. The molecule has 1 aromatic carbocycles. The number of hydrogen-bond donors (Lipinski definition) is 1. The smallest absolute Gasteiger partial charge is 0.0702 e. The van der Waals surface area contributed by atoms with Gasteiger partial charge in [0.1, 0.15) is 0 Å². The first-order valence-corrected chi connectivity index (χ1v) is 5.66. The summed E-state index contributed by atoms with van der Waals surface area (Å²) < 4.78 is 0. The molecule has 1 N–H and O–H groups in total. The Kier molecular flexibility index (Phi) is 2.96. The molecule has 0 aromatic heterocycles. The minimum atomic E-state index is 0.141. The molecule has 2 nitrogen and oxygen atoms in total. The largest absolute Gasteiger partial charge is 0.392 e. The van der Waals surface area contributed by atoms with Crippen LogP contribution >= 0.6 is 0 Å². The van der Waals surface area contributed by atoms with Crippen LogP contribution in [0.5, 0.6) is 0 Å². The van der Waals surface area contributed by atoms with Crippen LogP contribution in [0.1, 0.15) is 24.5 Å². The van der Waals surface area contributed by atoms with Gasteiger partial charge >= 0.3 is 0 Å². The Morgan fingerprint density at radius 2 is 2.27 bits per heavy atom. The van der Waals surface area contributed by atoms with Gasteiger partial charge in [0.15, 0.2) is 0 Å². The number of rotatable bonds is 2. The van der Waals surface area contributed by atoms with E-state index in [1.807, 2.05) is 0 Å². The van der Waals surface area contributed by atoms with Crippen LogP contribution in [0.15, 0.2) is 18.2 Å². The summed E-state index contributed by atoms with van der Waals surface area (Å²) in [5.41, 5.74) is 3.49. The van der Waals surface area contributed by atoms with Gasteiger partial charge in [0.25, 0.3) is 0 Å². The maximum Gasteiger partial charge on any atom is 0.0702 e. The average molecular weight is 205 g/mol. The van der Waals surface area contributed by atoms with E-state index in [0.29, 0.717) is 0 Å². The quantitative estimate of drug-likeness (QED) is 0.801. The Morgan fingerprint density at radius 1 is 1.47 bits per heavy atom. The molecule has 0 aliphatic carbocycles. The number of nitrogens with zero attached hydrogens (tertiary/aromatic N) is 1. The molecule has 15 heavy (non-hydrogen) atoms. The topological polar surface area (TPSA) is 23.5 Å². The minimum absolute atomic E-state index is 0.141. The molecule has 1 aliphatic heterocycles. The molecule has 0 spiro atoms. The van der Waals surface area contributed by atoms with Crippen molar-refractivity contribution in [2.24, 2.45) is 5.92 Å². The summed E-state index contributed by atoms with van der Waals surface area (Å²) in [6.07, 6.45) is 1.26. The molecule has 0 radical (unpaired) electrons. The van der Waals surface area contributed by atoms with Crippen LogP contribution in [0.2, 0.25) is 0 Å². The van der Waals surface area contributed by atoms with Crippen LogP contribution in [-0.2, 0) is 6.61 Å². The van der Waals surface area contributed by atoms with Crippen molar-refractivity contribution in [2.45, 2.75) is 26.9 Å². The lowest BCUT2D eigenvalue weighted by atomic mass is 10.1. The molecule has 0 bridgehead atoms. The fourth-order valence-corrected chi connectivity index (χ4v) is 2.30. The standard InChI is InChI=1S/C13H19NO/c1-10-3-4-13(12(7-10)9-15)14-6-5-11(2)8-14/h3-4,7,11,15H,5-6,8-9H2,1-2H3. The monoisotopic (exact) mass is 205 g/mol. The molecule has 1 atom stereocenters. The molecular formula is C13H19NO. The molecule has 2 rings (SSSR count). The van der Waals surface area contributed by atoms with E-state index in [-0.39, 0.29) is 6.61 Å². The van der Waals surface area contributed by atoms with Gasteiger partial charge in [0.05, 0.1) is 6.61 Å². The lowest BCUT2D eigenvalue weighted by Gasteiger charge is -2.21. The van der Waals surface area contributed by atoms with Crippen molar-refractivity contribution >= 4 is 5.69 Å². The van der Waals surface area contributed by atoms with Crippen LogP contribution in [0, 0.1) is 12.8 Å². The van der Waals surface area contributed by atoms with E-state index in [0.717, 1.165) is 24.6 Å². The molecule has 2 heteroatoms. The van der Waals surface area contributed by atoms with Crippen LogP contribution in [-0.4, -0.2) is 18.2 Å². The zero-order chi connectivity index (χ0) is 10.8. The Labute approximate surface area is 91.5 Å². The first-order chi connectivity index (χ1) is 7.20. The van der Waals surface area contributed by atoms with Gasteiger partial charge < -0.3 is 10.0 Å². The van der Waals surface area contributed by atoms with E-state index >= 15 is 0 Å². The maximum absolute atomic E-state index is 9.34. The lowest BCUT2D eigenvalue weighted by molar-refractivity contribution is 0.282. The summed E-state index contributed by atoms with van der Waals surface area (Å²) in [6.45, 7) is 6.73. The number of hydrogen-bond acceptors (Lipinski definition) is 2.